The molecule has 3 heteroatoms. The topological polar surface area (TPSA) is 20.2 Å². The van der Waals surface area contributed by atoms with E-state index in [0.717, 1.165) is 27.8 Å². The largest absolute Gasteiger partial charge is 0.384 e. The second kappa shape index (κ2) is 4.59. The lowest BCUT2D eigenvalue weighted by atomic mass is 9.93. The van der Waals surface area contributed by atoms with Crippen LogP contribution in [0.15, 0.2) is 22.9 Å². The molecule has 1 aromatic heterocycles. The van der Waals surface area contributed by atoms with E-state index in [0.29, 0.717) is 0 Å². The van der Waals surface area contributed by atoms with E-state index in [-0.39, 0.29) is 5.82 Å². The van der Waals surface area contributed by atoms with Gasteiger partial charge in [0.05, 0.1) is 0 Å². The van der Waals surface area contributed by atoms with Crippen molar-refractivity contribution in [2.24, 2.45) is 0 Å². The van der Waals surface area contributed by atoms with Gasteiger partial charge in [0, 0.05) is 0 Å². The van der Waals surface area contributed by atoms with Gasteiger partial charge in [-0.15, -0.1) is 0 Å². The van der Waals surface area contributed by atoms with Crippen LogP contribution in [0.1, 0.15) is 33.9 Å². The first kappa shape index (κ1) is 12.3. The molecule has 0 bridgehead atoms. The van der Waals surface area contributed by atoms with Crippen molar-refractivity contribution in [3.63, 3.8) is 0 Å². The van der Waals surface area contributed by atoms with E-state index in [1.54, 1.807) is 11.3 Å². The van der Waals surface area contributed by atoms with E-state index in [9.17, 15) is 9.50 Å². The molecule has 1 unspecified atom stereocenters. The molecule has 2 aromatic rings. The molecule has 1 aromatic carbocycles. The summed E-state index contributed by atoms with van der Waals surface area (Å²) in [6, 6.07) is 2.93. The predicted octanol–water partition coefficient (Wildman–Crippen LogP) is 3.89. The molecule has 1 heterocycles. The first-order valence-electron chi connectivity index (χ1n) is 5.48. The fourth-order valence-electron chi connectivity index (χ4n) is 2.16. The Kier molecular flexibility index (Phi) is 3.31. The lowest BCUT2D eigenvalue weighted by Crippen LogP contribution is -2.05. The molecule has 90 valence electrons. The first-order valence-corrected chi connectivity index (χ1v) is 6.42. The number of halogens is 1. The third kappa shape index (κ3) is 2.26. The second-order valence-corrected chi connectivity index (χ2v) is 5.11. The summed E-state index contributed by atoms with van der Waals surface area (Å²) >= 11 is 1.57. The van der Waals surface area contributed by atoms with Crippen LogP contribution < -0.4 is 0 Å². The van der Waals surface area contributed by atoms with Crippen LogP contribution in [0.5, 0.6) is 0 Å². The molecule has 1 nitrogen and oxygen atoms in total. The Hall–Kier alpha value is -1.19. The molecular weight excluding hydrogens is 235 g/mol. The molecule has 0 fully saturated rings. The molecule has 17 heavy (non-hydrogen) atoms. The van der Waals surface area contributed by atoms with Gasteiger partial charge in [-0.05, 0) is 71.5 Å². The van der Waals surface area contributed by atoms with Crippen LogP contribution in [-0.4, -0.2) is 5.11 Å². The van der Waals surface area contributed by atoms with Crippen molar-refractivity contribution in [2.45, 2.75) is 26.9 Å². The number of thiophene rings is 1. The third-order valence-corrected chi connectivity index (χ3v) is 3.90. The van der Waals surface area contributed by atoms with Crippen LogP contribution in [0.25, 0.3) is 0 Å². The molecule has 0 aliphatic carbocycles. The lowest BCUT2D eigenvalue weighted by molar-refractivity contribution is 0.218. The van der Waals surface area contributed by atoms with Gasteiger partial charge in [0.1, 0.15) is 11.9 Å². The van der Waals surface area contributed by atoms with Gasteiger partial charge in [-0.3, -0.25) is 0 Å². The minimum atomic E-state index is -0.665. The highest BCUT2D eigenvalue weighted by Crippen LogP contribution is 2.31. The molecule has 0 saturated heterocycles. The van der Waals surface area contributed by atoms with E-state index in [4.69, 9.17) is 0 Å². The summed E-state index contributed by atoms with van der Waals surface area (Å²) in [6.45, 7) is 5.63. The predicted molar refractivity (Wildman–Crippen MR) is 69.0 cm³/mol. The molecule has 1 N–H and O–H groups in total. The highest BCUT2D eigenvalue weighted by atomic mass is 32.1. The molecular formula is C14H15FOS. The van der Waals surface area contributed by atoms with Gasteiger partial charge in [-0.1, -0.05) is 0 Å². The monoisotopic (exact) mass is 250 g/mol. The van der Waals surface area contributed by atoms with E-state index in [1.165, 1.54) is 12.1 Å². The zero-order chi connectivity index (χ0) is 12.6. The lowest BCUT2D eigenvalue weighted by Gasteiger charge is -2.17. The number of hydrogen-bond acceptors (Lipinski definition) is 2. The fourth-order valence-corrected chi connectivity index (χ4v) is 3.03. The van der Waals surface area contributed by atoms with Crippen molar-refractivity contribution in [1.82, 2.24) is 0 Å². The summed E-state index contributed by atoms with van der Waals surface area (Å²) in [4.78, 5) is 0. The number of aliphatic hydroxyl groups excluding tert-OH is 1. The number of aliphatic hydroxyl groups is 1. The first-order chi connectivity index (χ1) is 8.00. The van der Waals surface area contributed by atoms with Crippen LogP contribution in [0, 0.1) is 26.6 Å². The summed E-state index contributed by atoms with van der Waals surface area (Å²) in [5.74, 6) is -0.252. The summed E-state index contributed by atoms with van der Waals surface area (Å²) < 4.78 is 13.2. The van der Waals surface area contributed by atoms with E-state index >= 15 is 0 Å². The minimum absolute atomic E-state index is 0.252. The van der Waals surface area contributed by atoms with Crippen molar-refractivity contribution in [1.29, 1.82) is 0 Å². The smallest absolute Gasteiger partial charge is 0.123 e. The van der Waals surface area contributed by atoms with Crippen molar-refractivity contribution in [3.05, 3.63) is 56.5 Å². The Morgan fingerprint density at radius 1 is 1.06 bits per heavy atom. The van der Waals surface area contributed by atoms with Crippen LogP contribution in [0.4, 0.5) is 4.39 Å². The maximum Gasteiger partial charge on any atom is 0.123 e. The maximum absolute atomic E-state index is 13.2. The number of rotatable bonds is 2. The van der Waals surface area contributed by atoms with Crippen molar-refractivity contribution in [2.75, 3.05) is 0 Å². The van der Waals surface area contributed by atoms with Crippen molar-refractivity contribution in [3.8, 4) is 0 Å². The summed E-state index contributed by atoms with van der Waals surface area (Å²) in [5, 5.41) is 14.4. The van der Waals surface area contributed by atoms with E-state index < -0.39 is 6.10 Å². The normalized spacial score (nSPS) is 12.8. The number of aryl methyl sites for hydroxylation is 3. The van der Waals surface area contributed by atoms with Gasteiger partial charge in [0.15, 0.2) is 0 Å². The van der Waals surface area contributed by atoms with Gasteiger partial charge in [0.25, 0.3) is 0 Å². The fraction of sp³-hybridized carbons (Fsp3) is 0.286. The highest BCUT2D eigenvalue weighted by Gasteiger charge is 2.18. The zero-order valence-corrected chi connectivity index (χ0v) is 10.9. The van der Waals surface area contributed by atoms with Gasteiger partial charge < -0.3 is 5.11 Å². The van der Waals surface area contributed by atoms with Gasteiger partial charge >= 0.3 is 0 Å². The Balaban J connectivity index is 2.51. The van der Waals surface area contributed by atoms with Crippen LogP contribution in [0.2, 0.25) is 0 Å². The molecule has 0 spiro atoms. The highest BCUT2D eigenvalue weighted by molar-refractivity contribution is 7.08. The zero-order valence-electron chi connectivity index (χ0n) is 10.1. The Bertz CT molecular complexity index is 522. The molecule has 0 saturated carbocycles. The Labute approximate surface area is 105 Å². The van der Waals surface area contributed by atoms with Crippen molar-refractivity contribution < 1.29 is 9.50 Å². The Morgan fingerprint density at radius 3 is 2.12 bits per heavy atom. The second-order valence-electron chi connectivity index (χ2n) is 4.37. The quantitative estimate of drug-likeness (QED) is 0.857. The van der Waals surface area contributed by atoms with Crippen LogP contribution in [-0.2, 0) is 0 Å². The van der Waals surface area contributed by atoms with Crippen molar-refractivity contribution >= 4 is 11.3 Å². The summed E-state index contributed by atoms with van der Waals surface area (Å²) in [6.07, 6.45) is -0.665. The van der Waals surface area contributed by atoms with Gasteiger partial charge in [-0.25, -0.2) is 4.39 Å². The number of hydrogen-bond donors (Lipinski definition) is 1. The van der Waals surface area contributed by atoms with Crippen LogP contribution >= 0.6 is 11.3 Å². The average Bonchev–Trinajstić information content (AvgIpc) is 2.62. The molecule has 2 rings (SSSR count). The standard InChI is InChI=1S/C14H15FOS/c1-8-4-11(15)5-9(2)13(8)14(16)12-7-17-6-10(12)3/h4-7,14,16H,1-3H3. The van der Waals surface area contributed by atoms with Crippen LogP contribution in [0.3, 0.4) is 0 Å². The molecule has 0 radical (unpaired) electrons. The molecule has 0 aliphatic heterocycles. The molecule has 1 atom stereocenters. The summed E-state index contributed by atoms with van der Waals surface area (Å²) in [7, 11) is 0. The average molecular weight is 250 g/mol. The molecule has 0 aliphatic rings. The maximum atomic E-state index is 13.2. The van der Waals surface area contributed by atoms with Gasteiger partial charge in [-0.2, -0.15) is 11.3 Å². The van der Waals surface area contributed by atoms with E-state index in [2.05, 4.69) is 0 Å². The summed E-state index contributed by atoms with van der Waals surface area (Å²) in [5.41, 5.74) is 4.38. The molecule has 0 amide bonds. The Morgan fingerprint density at radius 2 is 1.65 bits per heavy atom. The SMILES string of the molecule is Cc1cscc1C(O)c1c(C)cc(F)cc1C. The third-order valence-electron chi connectivity index (χ3n) is 3.02. The minimum Gasteiger partial charge on any atom is -0.384 e. The van der Waals surface area contributed by atoms with E-state index in [1.807, 2.05) is 31.5 Å². The van der Waals surface area contributed by atoms with Gasteiger partial charge in [0.2, 0.25) is 0 Å². The number of benzene rings is 1.